The van der Waals surface area contributed by atoms with Crippen LogP contribution >= 0.6 is 0 Å². The van der Waals surface area contributed by atoms with Crippen molar-refractivity contribution in [2.75, 3.05) is 13.2 Å². The van der Waals surface area contributed by atoms with E-state index in [2.05, 4.69) is 0 Å². The first-order valence-electron chi connectivity index (χ1n) is 3.84. The molecule has 0 atom stereocenters. The number of nitrogens with two attached hydrogens (primary N) is 1. The molecule has 2 N–H and O–H groups in total. The number of rotatable bonds is 1. The van der Waals surface area contributed by atoms with Gasteiger partial charge in [-0.2, -0.15) is 0 Å². The molecule has 1 fully saturated rings. The molecule has 3 heteroatoms. The molecule has 12 heavy (non-hydrogen) atoms. The van der Waals surface area contributed by atoms with Crippen LogP contribution in [-0.4, -0.2) is 13.2 Å². The van der Waals surface area contributed by atoms with Crippen LogP contribution in [0.4, 0.5) is 4.39 Å². The summed E-state index contributed by atoms with van der Waals surface area (Å²) in [5.74, 6) is -0.247. The van der Waals surface area contributed by atoms with Gasteiger partial charge >= 0.3 is 0 Å². The molecule has 0 radical (unpaired) electrons. The predicted molar refractivity (Wildman–Crippen MR) is 43.1 cm³/mol. The molecule has 0 saturated carbocycles. The lowest BCUT2D eigenvalue weighted by Crippen LogP contribution is -2.54. The second-order valence-electron chi connectivity index (χ2n) is 3.13. The van der Waals surface area contributed by atoms with E-state index < -0.39 is 5.54 Å². The fraction of sp³-hybridized carbons (Fsp3) is 0.333. The van der Waals surface area contributed by atoms with Crippen LogP contribution in [0.5, 0.6) is 0 Å². The highest BCUT2D eigenvalue weighted by molar-refractivity contribution is 5.27. The van der Waals surface area contributed by atoms with Crippen LogP contribution in [-0.2, 0) is 10.3 Å². The lowest BCUT2D eigenvalue weighted by atomic mass is 9.89. The van der Waals surface area contributed by atoms with Crippen molar-refractivity contribution in [2.45, 2.75) is 5.54 Å². The lowest BCUT2D eigenvalue weighted by molar-refractivity contribution is -0.0585. The molecule has 1 aliphatic rings. The van der Waals surface area contributed by atoms with Crippen LogP contribution in [0.2, 0.25) is 0 Å². The molecule has 0 unspecified atom stereocenters. The van der Waals surface area contributed by atoms with E-state index in [4.69, 9.17) is 10.5 Å². The lowest BCUT2D eigenvalue weighted by Gasteiger charge is -2.38. The molecule has 0 aliphatic carbocycles. The summed E-state index contributed by atoms with van der Waals surface area (Å²) in [7, 11) is 0. The van der Waals surface area contributed by atoms with E-state index in [-0.39, 0.29) is 5.82 Å². The van der Waals surface area contributed by atoms with E-state index in [1.807, 2.05) is 0 Å². The van der Waals surface area contributed by atoms with E-state index in [0.29, 0.717) is 18.8 Å². The molecule has 0 aromatic heterocycles. The van der Waals surface area contributed by atoms with Crippen molar-refractivity contribution in [3.05, 3.63) is 35.6 Å². The zero-order valence-corrected chi connectivity index (χ0v) is 6.59. The second-order valence-corrected chi connectivity index (χ2v) is 3.13. The van der Waals surface area contributed by atoms with Crippen molar-refractivity contribution in [1.82, 2.24) is 0 Å². The van der Waals surface area contributed by atoms with Crippen LogP contribution in [0.15, 0.2) is 24.3 Å². The third kappa shape index (κ3) is 1.02. The minimum absolute atomic E-state index is 0.247. The highest BCUT2D eigenvalue weighted by Crippen LogP contribution is 2.28. The van der Waals surface area contributed by atoms with Gasteiger partial charge in [0.2, 0.25) is 0 Å². The van der Waals surface area contributed by atoms with Crippen LogP contribution in [0, 0.1) is 5.82 Å². The Bertz CT molecular complexity index is 296. The fourth-order valence-corrected chi connectivity index (χ4v) is 1.34. The third-order valence-corrected chi connectivity index (χ3v) is 2.13. The van der Waals surface area contributed by atoms with Gasteiger partial charge in [0, 0.05) is 5.56 Å². The Hall–Kier alpha value is -0.930. The van der Waals surface area contributed by atoms with Crippen molar-refractivity contribution >= 4 is 0 Å². The topological polar surface area (TPSA) is 35.2 Å². The monoisotopic (exact) mass is 167 g/mol. The molecular formula is C9H10FNO. The van der Waals surface area contributed by atoms with E-state index >= 15 is 0 Å². The minimum atomic E-state index is -0.592. The maximum atomic E-state index is 13.2. The highest BCUT2D eigenvalue weighted by Gasteiger charge is 2.37. The van der Waals surface area contributed by atoms with Crippen LogP contribution in [0.3, 0.4) is 0 Å². The summed E-state index contributed by atoms with van der Waals surface area (Å²) < 4.78 is 18.1. The van der Waals surface area contributed by atoms with Crippen molar-refractivity contribution in [1.29, 1.82) is 0 Å². The van der Waals surface area contributed by atoms with Gasteiger partial charge in [0.25, 0.3) is 0 Å². The highest BCUT2D eigenvalue weighted by atomic mass is 19.1. The van der Waals surface area contributed by atoms with Gasteiger partial charge in [-0.3, -0.25) is 0 Å². The number of hydrogen-bond donors (Lipinski definition) is 1. The molecule has 0 bridgehead atoms. The number of benzene rings is 1. The SMILES string of the molecule is NC1(c2ccccc2F)COC1. The summed E-state index contributed by atoms with van der Waals surface area (Å²) in [6.45, 7) is 0.821. The maximum Gasteiger partial charge on any atom is 0.128 e. The Kier molecular flexibility index (Phi) is 1.63. The van der Waals surface area contributed by atoms with Gasteiger partial charge in [0.15, 0.2) is 0 Å². The van der Waals surface area contributed by atoms with E-state index in [0.717, 1.165) is 0 Å². The Morgan fingerprint density at radius 3 is 2.50 bits per heavy atom. The summed E-state index contributed by atoms with van der Waals surface area (Å²) in [5, 5.41) is 0. The Morgan fingerprint density at radius 2 is 2.00 bits per heavy atom. The molecule has 64 valence electrons. The second kappa shape index (κ2) is 2.54. The van der Waals surface area contributed by atoms with Crippen LogP contribution in [0.25, 0.3) is 0 Å². The first-order valence-corrected chi connectivity index (χ1v) is 3.84. The summed E-state index contributed by atoms with van der Waals surface area (Å²) in [5.41, 5.74) is 5.82. The Labute approximate surface area is 70.1 Å². The minimum Gasteiger partial charge on any atom is -0.377 e. The normalized spacial score (nSPS) is 20.2. The molecule has 1 aromatic rings. The molecular weight excluding hydrogens is 157 g/mol. The van der Waals surface area contributed by atoms with Crippen LogP contribution < -0.4 is 5.73 Å². The van der Waals surface area contributed by atoms with Crippen molar-refractivity contribution in [2.24, 2.45) is 5.73 Å². The molecule has 1 aliphatic heterocycles. The third-order valence-electron chi connectivity index (χ3n) is 2.13. The summed E-state index contributed by atoms with van der Waals surface area (Å²) >= 11 is 0. The Balaban J connectivity index is 2.39. The predicted octanol–water partition coefficient (Wildman–Crippen LogP) is 1.01. The van der Waals surface area contributed by atoms with Crippen LogP contribution in [0.1, 0.15) is 5.56 Å². The van der Waals surface area contributed by atoms with E-state index in [1.165, 1.54) is 6.07 Å². The first-order chi connectivity index (χ1) is 5.72. The summed E-state index contributed by atoms with van der Waals surface area (Å²) in [6.07, 6.45) is 0. The van der Waals surface area contributed by atoms with Gasteiger partial charge in [-0.25, -0.2) is 4.39 Å². The Morgan fingerprint density at radius 1 is 1.33 bits per heavy atom. The average molecular weight is 167 g/mol. The van der Waals surface area contributed by atoms with Gasteiger partial charge in [-0.05, 0) is 6.07 Å². The molecule has 0 spiro atoms. The van der Waals surface area contributed by atoms with Gasteiger partial charge in [0.1, 0.15) is 5.82 Å². The van der Waals surface area contributed by atoms with E-state index in [9.17, 15) is 4.39 Å². The largest absolute Gasteiger partial charge is 0.377 e. The summed E-state index contributed by atoms with van der Waals surface area (Å²) in [6, 6.07) is 6.56. The smallest absolute Gasteiger partial charge is 0.128 e. The van der Waals surface area contributed by atoms with Gasteiger partial charge in [-0.1, -0.05) is 18.2 Å². The fourth-order valence-electron chi connectivity index (χ4n) is 1.34. The number of halogens is 1. The van der Waals surface area contributed by atoms with Gasteiger partial charge < -0.3 is 10.5 Å². The number of ether oxygens (including phenoxy) is 1. The zero-order valence-electron chi connectivity index (χ0n) is 6.59. The molecule has 2 rings (SSSR count). The standard InChI is InChI=1S/C9H10FNO/c10-8-4-2-1-3-7(8)9(11)5-12-6-9/h1-4H,5-6,11H2. The molecule has 2 nitrogen and oxygen atoms in total. The summed E-state index contributed by atoms with van der Waals surface area (Å²) in [4.78, 5) is 0. The van der Waals surface area contributed by atoms with E-state index in [1.54, 1.807) is 18.2 Å². The average Bonchev–Trinajstić information content (AvgIpc) is 2.01. The number of hydrogen-bond acceptors (Lipinski definition) is 2. The molecule has 1 heterocycles. The molecule has 1 saturated heterocycles. The van der Waals surface area contributed by atoms with Crippen molar-refractivity contribution in [3.63, 3.8) is 0 Å². The molecule has 0 amide bonds. The van der Waals surface area contributed by atoms with Gasteiger partial charge in [-0.15, -0.1) is 0 Å². The molecule has 1 aromatic carbocycles. The van der Waals surface area contributed by atoms with Gasteiger partial charge in [0.05, 0.1) is 18.8 Å². The van der Waals surface area contributed by atoms with Crippen molar-refractivity contribution in [3.8, 4) is 0 Å². The quantitative estimate of drug-likeness (QED) is 0.677. The first kappa shape index (κ1) is 7.71. The zero-order chi connectivity index (χ0) is 8.60. The van der Waals surface area contributed by atoms with Crippen molar-refractivity contribution < 1.29 is 9.13 Å². The maximum absolute atomic E-state index is 13.2.